The molecule has 144 valence electrons. The van der Waals surface area contributed by atoms with Crippen LogP contribution >= 0.6 is 0 Å². The van der Waals surface area contributed by atoms with Gasteiger partial charge in [-0.05, 0) is 49.9 Å². The summed E-state index contributed by atoms with van der Waals surface area (Å²) in [5.74, 6) is 0.591. The molecule has 2 aliphatic rings. The van der Waals surface area contributed by atoms with Crippen LogP contribution in [0.1, 0.15) is 51.4 Å². The van der Waals surface area contributed by atoms with Crippen molar-refractivity contribution in [3.63, 3.8) is 0 Å². The molecule has 1 amide bonds. The molecule has 1 aliphatic carbocycles. The minimum atomic E-state index is -3.61. The molecule has 3 rings (SSSR count). The van der Waals surface area contributed by atoms with Gasteiger partial charge >= 0.3 is 0 Å². The molecule has 1 heterocycles. The zero-order valence-corrected chi connectivity index (χ0v) is 16.1. The SMILES string of the molecule is COc1ccc(S(=O)(=O)N2CCCC[C@@H]2CC(=O)NC2CCCC2)cc1. The summed E-state index contributed by atoms with van der Waals surface area (Å²) in [5.41, 5.74) is 0. The number of methoxy groups -OCH3 is 1. The summed E-state index contributed by atoms with van der Waals surface area (Å²) < 4.78 is 32.8. The second-order valence-corrected chi connectivity index (χ2v) is 9.08. The van der Waals surface area contributed by atoms with Gasteiger partial charge in [-0.25, -0.2) is 8.42 Å². The maximum Gasteiger partial charge on any atom is 0.243 e. The quantitative estimate of drug-likeness (QED) is 0.823. The predicted molar refractivity (Wildman–Crippen MR) is 99.5 cm³/mol. The van der Waals surface area contributed by atoms with E-state index in [4.69, 9.17) is 4.74 Å². The van der Waals surface area contributed by atoms with E-state index in [1.807, 2.05) is 0 Å². The van der Waals surface area contributed by atoms with Crippen molar-refractivity contribution in [3.05, 3.63) is 24.3 Å². The lowest BCUT2D eigenvalue weighted by Gasteiger charge is -2.34. The average Bonchev–Trinajstić information content (AvgIpc) is 3.15. The number of carbonyl (C=O) groups is 1. The third kappa shape index (κ3) is 4.38. The molecule has 1 aliphatic heterocycles. The summed E-state index contributed by atoms with van der Waals surface area (Å²) in [6.07, 6.45) is 7.14. The van der Waals surface area contributed by atoms with E-state index in [2.05, 4.69) is 5.32 Å². The van der Waals surface area contributed by atoms with Gasteiger partial charge in [0.25, 0.3) is 0 Å². The fourth-order valence-electron chi connectivity index (χ4n) is 3.95. The number of hydrogen-bond acceptors (Lipinski definition) is 4. The first kappa shape index (κ1) is 19.2. The molecule has 2 fully saturated rings. The number of sulfonamides is 1. The van der Waals surface area contributed by atoms with E-state index >= 15 is 0 Å². The molecule has 0 spiro atoms. The summed E-state index contributed by atoms with van der Waals surface area (Å²) in [6.45, 7) is 0.468. The Hall–Kier alpha value is -1.60. The summed E-state index contributed by atoms with van der Waals surface area (Å²) >= 11 is 0. The lowest BCUT2D eigenvalue weighted by molar-refractivity contribution is -0.122. The first-order valence-corrected chi connectivity index (χ1v) is 10.9. The van der Waals surface area contributed by atoms with Gasteiger partial charge in [-0.3, -0.25) is 4.79 Å². The molecule has 6 nitrogen and oxygen atoms in total. The highest BCUT2D eigenvalue weighted by Crippen LogP contribution is 2.28. The van der Waals surface area contributed by atoms with Crippen molar-refractivity contribution in [2.24, 2.45) is 0 Å². The van der Waals surface area contributed by atoms with E-state index < -0.39 is 10.0 Å². The summed E-state index contributed by atoms with van der Waals surface area (Å²) in [6, 6.07) is 6.43. The van der Waals surface area contributed by atoms with Gasteiger partial charge in [0.2, 0.25) is 15.9 Å². The Morgan fingerprint density at radius 1 is 1.12 bits per heavy atom. The van der Waals surface area contributed by atoms with Crippen LogP contribution in [0.2, 0.25) is 0 Å². The highest BCUT2D eigenvalue weighted by atomic mass is 32.2. The van der Waals surface area contributed by atoms with Crippen LogP contribution in [0.15, 0.2) is 29.2 Å². The third-order valence-corrected chi connectivity index (χ3v) is 7.35. The van der Waals surface area contributed by atoms with Gasteiger partial charge in [-0.1, -0.05) is 19.3 Å². The van der Waals surface area contributed by atoms with E-state index in [0.717, 1.165) is 44.9 Å². The number of nitrogens with one attached hydrogen (secondary N) is 1. The van der Waals surface area contributed by atoms with Crippen molar-refractivity contribution in [2.75, 3.05) is 13.7 Å². The van der Waals surface area contributed by atoms with Crippen molar-refractivity contribution in [3.8, 4) is 5.75 Å². The highest BCUT2D eigenvalue weighted by molar-refractivity contribution is 7.89. The van der Waals surface area contributed by atoms with Crippen LogP contribution in [0.3, 0.4) is 0 Å². The Bertz CT molecular complexity index is 712. The molecule has 1 saturated heterocycles. The van der Waals surface area contributed by atoms with E-state index in [1.54, 1.807) is 31.4 Å². The van der Waals surface area contributed by atoms with Gasteiger partial charge in [0.15, 0.2) is 0 Å². The molecule has 0 aromatic heterocycles. The number of hydrogen-bond donors (Lipinski definition) is 1. The smallest absolute Gasteiger partial charge is 0.243 e. The fourth-order valence-corrected chi connectivity index (χ4v) is 5.64. The van der Waals surface area contributed by atoms with E-state index in [0.29, 0.717) is 12.3 Å². The molecule has 1 aromatic carbocycles. The van der Waals surface area contributed by atoms with Gasteiger partial charge in [-0.15, -0.1) is 0 Å². The topological polar surface area (TPSA) is 75.7 Å². The van der Waals surface area contributed by atoms with Crippen molar-refractivity contribution in [2.45, 2.75) is 68.3 Å². The zero-order valence-electron chi connectivity index (χ0n) is 15.3. The summed E-state index contributed by atoms with van der Waals surface area (Å²) in [5, 5.41) is 3.08. The molecule has 0 radical (unpaired) electrons. The summed E-state index contributed by atoms with van der Waals surface area (Å²) in [7, 11) is -2.06. The first-order valence-electron chi connectivity index (χ1n) is 9.46. The molecule has 26 heavy (non-hydrogen) atoms. The Balaban J connectivity index is 1.71. The van der Waals surface area contributed by atoms with Gasteiger partial charge in [0, 0.05) is 25.0 Å². The van der Waals surface area contributed by atoms with E-state index in [1.165, 1.54) is 4.31 Å². The molecular weight excluding hydrogens is 352 g/mol. The van der Waals surface area contributed by atoms with Crippen LogP contribution in [-0.2, 0) is 14.8 Å². The van der Waals surface area contributed by atoms with Crippen LogP contribution in [0.25, 0.3) is 0 Å². The Labute approximate surface area is 156 Å². The second kappa shape index (κ2) is 8.39. The standard InChI is InChI=1S/C19H28N2O4S/c1-25-17-9-11-18(12-10-17)26(23,24)21-13-5-4-8-16(21)14-19(22)20-15-6-2-3-7-15/h9-12,15-16H,2-8,13-14H2,1H3,(H,20,22)/t16-/m1/s1. The summed E-state index contributed by atoms with van der Waals surface area (Å²) in [4.78, 5) is 12.7. The van der Waals surface area contributed by atoms with Crippen LogP contribution in [-0.4, -0.2) is 44.4 Å². The predicted octanol–water partition coefficient (Wildman–Crippen LogP) is 2.69. The lowest BCUT2D eigenvalue weighted by Crippen LogP contribution is -2.46. The third-order valence-electron chi connectivity index (χ3n) is 5.38. The van der Waals surface area contributed by atoms with Crippen LogP contribution < -0.4 is 10.1 Å². The fraction of sp³-hybridized carbons (Fsp3) is 0.632. The normalized spacial score (nSPS) is 22.3. The minimum absolute atomic E-state index is 0.0290. The number of amides is 1. The second-order valence-electron chi connectivity index (χ2n) is 7.19. The van der Waals surface area contributed by atoms with E-state index in [9.17, 15) is 13.2 Å². The van der Waals surface area contributed by atoms with Gasteiger partial charge in [0.1, 0.15) is 5.75 Å². The van der Waals surface area contributed by atoms with Crippen molar-refractivity contribution >= 4 is 15.9 Å². The number of nitrogens with zero attached hydrogens (tertiary/aromatic N) is 1. The van der Waals surface area contributed by atoms with Crippen LogP contribution in [0.5, 0.6) is 5.75 Å². The zero-order chi connectivity index (χ0) is 18.6. The van der Waals surface area contributed by atoms with Gasteiger partial charge in [0.05, 0.1) is 12.0 Å². The first-order chi connectivity index (χ1) is 12.5. The lowest BCUT2D eigenvalue weighted by atomic mass is 10.0. The Morgan fingerprint density at radius 3 is 2.42 bits per heavy atom. The van der Waals surface area contributed by atoms with Crippen molar-refractivity contribution in [1.29, 1.82) is 0 Å². The van der Waals surface area contributed by atoms with Crippen LogP contribution in [0, 0.1) is 0 Å². The Kier molecular flexibility index (Phi) is 6.19. The maximum absolute atomic E-state index is 13.1. The average molecular weight is 381 g/mol. The Morgan fingerprint density at radius 2 is 1.77 bits per heavy atom. The molecule has 1 saturated carbocycles. The molecule has 0 unspecified atom stereocenters. The van der Waals surface area contributed by atoms with Crippen molar-refractivity contribution in [1.82, 2.24) is 9.62 Å². The molecule has 1 atom stereocenters. The van der Waals surface area contributed by atoms with Crippen LogP contribution in [0.4, 0.5) is 0 Å². The monoisotopic (exact) mass is 380 g/mol. The maximum atomic E-state index is 13.1. The number of piperidine rings is 1. The molecular formula is C19H28N2O4S. The number of ether oxygens (including phenoxy) is 1. The van der Waals surface area contributed by atoms with E-state index in [-0.39, 0.29) is 29.3 Å². The number of carbonyl (C=O) groups excluding carboxylic acids is 1. The molecule has 0 bridgehead atoms. The highest BCUT2D eigenvalue weighted by Gasteiger charge is 2.35. The van der Waals surface area contributed by atoms with Gasteiger partial charge < -0.3 is 10.1 Å². The minimum Gasteiger partial charge on any atom is -0.497 e. The van der Waals surface area contributed by atoms with Crippen molar-refractivity contribution < 1.29 is 17.9 Å². The largest absolute Gasteiger partial charge is 0.497 e. The molecule has 1 aromatic rings. The number of benzene rings is 1. The number of rotatable bonds is 6. The molecule has 1 N–H and O–H groups in total. The van der Waals surface area contributed by atoms with Gasteiger partial charge in [-0.2, -0.15) is 4.31 Å². The molecule has 7 heteroatoms.